The minimum absolute atomic E-state index is 0.125. The largest absolute Gasteiger partial charge is 0.322 e. The van der Waals surface area contributed by atoms with Gasteiger partial charge in [-0.1, -0.05) is 6.92 Å². The van der Waals surface area contributed by atoms with E-state index in [1.807, 2.05) is 17.0 Å². The third-order valence-corrected chi connectivity index (χ3v) is 5.01. The molecule has 2 heterocycles. The second-order valence-electron chi connectivity index (χ2n) is 6.78. The number of amides is 2. The number of pyridine rings is 1. The third kappa shape index (κ3) is 5.05. The lowest BCUT2D eigenvalue weighted by Crippen LogP contribution is -2.44. The molecule has 1 atom stereocenters. The minimum atomic E-state index is -0.125. The van der Waals surface area contributed by atoms with Crippen LogP contribution in [-0.4, -0.2) is 46.5 Å². The summed E-state index contributed by atoms with van der Waals surface area (Å²) in [5.41, 5.74) is 2.32. The molecule has 3 rings (SSSR count). The van der Waals surface area contributed by atoms with Crippen LogP contribution in [0.3, 0.4) is 0 Å². The average Bonchev–Trinajstić information content (AvgIpc) is 3.16. The number of likely N-dealkylation sites (tertiary alicyclic amines) is 1. The number of hydrogen-bond donors (Lipinski definition) is 1. The number of nitrogens with one attached hydrogen (secondary N) is 1. The molecule has 6 nitrogen and oxygen atoms in total. The Bertz CT molecular complexity index is 784. The fourth-order valence-electron chi connectivity index (χ4n) is 3.53. The lowest BCUT2D eigenvalue weighted by molar-refractivity contribution is 0.175. The number of nitrogens with zero attached hydrogens (tertiary/aromatic N) is 4. The van der Waals surface area contributed by atoms with Gasteiger partial charge in [0, 0.05) is 37.2 Å². The molecule has 0 bridgehead atoms. The number of carbonyl (C=O) groups excluding carboxylic acids is 1. The smallest absolute Gasteiger partial charge is 0.319 e. The molecule has 0 aliphatic carbocycles. The summed E-state index contributed by atoms with van der Waals surface area (Å²) in [4.78, 5) is 21.3. The Hall–Kier alpha value is -2.91. The molecule has 2 aromatic rings. The normalized spacial score (nSPS) is 16.7. The number of carbonyl (C=O) groups is 1. The molecule has 1 saturated heterocycles. The first-order chi connectivity index (χ1) is 13.2. The van der Waals surface area contributed by atoms with Gasteiger partial charge in [0.2, 0.25) is 0 Å². The molecule has 0 radical (unpaired) electrons. The summed E-state index contributed by atoms with van der Waals surface area (Å²) in [6, 6.07) is 13.2. The van der Waals surface area contributed by atoms with Crippen LogP contribution < -0.4 is 5.32 Å². The molecule has 27 heavy (non-hydrogen) atoms. The Morgan fingerprint density at radius 2 is 2.04 bits per heavy atom. The van der Waals surface area contributed by atoms with Crippen LogP contribution in [-0.2, 0) is 6.54 Å². The quantitative estimate of drug-likeness (QED) is 0.853. The standard InChI is InChI=1S/C21H25N5O/c1-2-25-13-3-4-20(25)16-26(15-18-9-11-23-12-10-18)21(27)24-19-7-5-17(14-22)6-8-19/h5-12,20H,2-4,13,15-16H2,1H3,(H,24,27). The van der Waals surface area contributed by atoms with Gasteiger partial charge in [-0.2, -0.15) is 5.26 Å². The minimum Gasteiger partial charge on any atom is -0.319 e. The van der Waals surface area contributed by atoms with Crippen molar-refractivity contribution >= 4 is 11.7 Å². The van der Waals surface area contributed by atoms with E-state index in [0.29, 0.717) is 30.4 Å². The molecule has 1 aliphatic heterocycles. The predicted octanol–water partition coefficient (Wildman–Crippen LogP) is 3.47. The number of benzene rings is 1. The first kappa shape index (κ1) is 18.9. The highest BCUT2D eigenvalue weighted by atomic mass is 16.2. The fraction of sp³-hybridized carbons (Fsp3) is 0.381. The highest BCUT2D eigenvalue weighted by molar-refractivity contribution is 5.89. The summed E-state index contributed by atoms with van der Waals surface area (Å²) in [5, 5.41) is 11.9. The summed E-state index contributed by atoms with van der Waals surface area (Å²) in [6.07, 6.45) is 5.80. The van der Waals surface area contributed by atoms with Crippen LogP contribution in [0.15, 0.2) is 48.8 Å². The van der Waals surface area contributed by atoms with Gasteiger partial charge in [-0.15, -0.1) is 0 Å². The van der Waals surface area contributed by atoms with Gasteiger partial charge in [0.1, 0.15) is 0 Å². The number of anilines is 1. The Morgan fingerprint density at radius 1 is 1.30 bits per heavy atom. The van der Waals surface area contributed by atoms with Crippen molar-refractivity contribution < 1.29 is 4.79 Å². The van der Waals surface area contributed by atoms with Gasteiger partial charge >= 0.3 is 6.03 Å². The molecule has 0 spiro atoms. The number of hydrogen-bond acceptors (Lipinski definition) is 4. The fourth-order valence-corrected chi connectivity index (χ4v) is 3.53. The van der Waals surface area contributed by atoms with Crippen LogP contribution in [0.5, 0.6) is 0 Å². The van der Waals surface area contributed by atoms with E-state index in [2.05, 4.69) is 28.2 Å². The summed E-state index contributed by atoms with van der Waals surface area (Å²) in [7, 11) is 0. The molecule has 6 heteroatoms. The van der Waals surface area contributed by atoms with Crippen molar-refractivity contribution in [2.45, 2.75) is 32.4 Å². The molecule has 1 fully saturated rings. The lowest BCUT2D eigenvalue weighted by atomic mass is 10.2. The van der Waals surface area contributed by atoms with E-state index in [1.54, 1.807) is 36.7 Å². The maximum Gasteiger partial charge on any atom is 0.322 e. The van der Waals surface area contributed by atoms with E-state index in [0.717, 1.165) is 25.1 Å². The van der Waals surface area contributed by atoms with Gasteiger partial charge in [-0.25, -0.2) is 4.79 Å². The maximum atomic E-state index is 13.0. The van der Waals surface area contributed by atoms with Crippen LogP contribution in [0.25, 0.3) is 0 Å². The number of nitriles is 1. The SMILES string of the molecule is CCN1CCCC1CN(Cc1ccncc1)C(=O)Nc1ccc(C#N)cc1. The molecule has 1 aromatic carbocycles. The molecule has 1 unspecified atom stereocenters. The van der Waals surface area contributed by atoms with Crippen molar-refractivity contribution in [1.29, 1.82) is 5.26 Å². The molecule has 2 amide bonds. The van der Waals surface area contributed by atoms with Crippen LogP contribution in [0.2, 0.25) is 0 Å². The van der Waals surface area contributed by atoms with Gasteiger partial charge < -0.3 is 10.2 Å². The highest BCUT2D eigenvalue weighted by Gasteiger charge is 2.27. The van der Waals surface area contributed by atoms with Crippen molar-refractivity contribution in [1.82, 2.24) is 14.8 Å². The van der Waals surface area contributed by atoms with E-state index in [-0.39, 0.29) is 6.03 Å². The molecular weight excluding hydrogens is 338 g/mol. The summed E-state index contributed by atoms with van der Waals surface area (Å²) < 4.78 is 0. The Labute approximate surface area is 160 Å². The van der Waals surface area contributed by atoms with Crippen molar-refractivity contribution in [2.24, 2.45) is 0 Å². The summed E-state index contributed by atoms with van der Waals surface area (Å²) in [6.45, 7) is 5.51. The zero-order valence-electron chi connectivity index (χ0n) is 15.6. The molecule has 1 aliphatic rings. The average molecular weight is 363 g/mol. The first-order valence-corrected chi connectivity index (χ1v) is 9.38. The van der Waals surface area contributed by atoms with Crippen molar-refractivity contribution in [3.8, 4) is 6.07 Å². The van der Waals surface area contributed by atoms with Crippen LogP contribution in [0.4, 0.5) is 10.5 Å². The van der Waals surface area contributed by atoms with Gasteiger partial charge in [-0.05, 0) is 67.9 Å². The second kappa shape index (κ2) is 9.15. The summed E-state index contributed by atoms with van der Waals surface area (Å²) in [5.74, 6) is 0. The van der Waals surface area contributed by atoms with E-state index >= 15 is 0 Å². The topological polar surface area (TPSA) is 72.3 Å². The van der Waals surface area contributed by atoms with Crippen LogP contribution in [0, 0.1) is 11.3 Å². The van der Waals surface area contributed by atoms with E-state index in [1.165, 1.54) is 6.42 Å². The highest BCUT2D eigenvalue weighted by Crippen LogP contribution is 2.19. The molecular formula is C21H25N5O. The number of aromatic nitrogens is 1. The Kier molecular flexibility index (Phi) is 6.39. The van der Waals surface area contributed by atoms with Crippen LogP contribution in [0.1, 0.15) is 30.9 Å². The lowest BCUT2D eigenvalue weighted by Gasteiger charge is -2.30. The molecule has 1 aromatic heterocycles. The first-order valence-electron chi connectivity index (χ1n) is 9.38. The third-order valence-electron chi connectivity index (χ3n) is 5.01. The van der Waals surface area contributed by atoms with E-state index in [4.69, 9.17) is 5.26 Å². The van der Waals surface area contributed by atoms with Gasteiger partial charge in [0.05, 0.1) is 11.6 Å². The molecule has 140 valence electrons. The predicted molar refractivity (Wildman–Crippen MR) is 105 cm³/mol. The zero-order chi connectivity index (χ0) is 19.1. The monoisotopic (exact) mass is 363 g/mol. The van der Waals surface area contributed by atoms with Gasteiger partial charge in [0.25, 0.3) is 0 Å². The van der Waals surface area contributed by atoms with Gasteiger partial charge in [-0.3, -0.25) is 9.88 Å². The second-order valence-corrected chi connectivity index (χ2v) is 6.78. The van der Waals surface area contributed by atoms with Gasteiger partial charge in [0.15, 0.2) is 0 Å². The summed E-state index contributed by atoms with van der Waals surface area (Å²) >= 11 is 0. The maximum absolute atomic E-state index is 13.0. The molecule has 0 saturated carbocycles. The van der Waals surface area contributed by atoms with Crippen molar-refractivity contribution in [3.05, 3.63) is 59.9 Å². The zero-order valence-corrected chi connectivity index (χ0v) is 15.6. The van der Waals surface area contributed by atoms with Crippen molar-refractivity contribution in [2.75, 3.05) is 25.0 Å². The van der Waals surface area contributed by atoms with Crippen molar-refractivity contribution in [3.63, 3.8) is 0 Å². The van der Waals surface area contributed by atoms with E-state index in [9.17, 15) is 4.79 Å². The van der Waals surface area contributed by atoms with E-state index < -0.39 is 0 Å². The molecule has 1 N–H and O–H groups in total. The van der Waals surface area contributed by atoms with Crippen LogP contribution >= 0.6 is 0 Å². The Balaban J connectivity index is 1.73. The number of rotatable bonds is 6. The Morgan fingerprint density at radius 3 is 2.70 bits per heavy atom. The number of likely N-dealkylation sites (N-methyl/N-ethyl adjacent to an activating group) is 1. The number of urea groups is 1.